The normalized spacial score (nSPS) is 10.6. The third-order valence-electron chi connectivity index (χ3n) is 1.89. The van der Waals surface area contributed by atoms with E-state index in [1.54, 1.807) is 0 Å². The average molecular weight is 244 g/mol. The van der Waals surface area contributed by atoms with E-state index in [4.69, 9.17) is 11.6 Å². The lowest BCUT2D eigenvalue weighted by atomic mass is 10.2. The van der Waals surface area contributed by atoms with E-state index in [1.165, 1.54) is 6.07 Å². The van der Waals surface area contributed by atoms with E-state index in [9.17, 15) is 20.2 Å². The molecule has 0 amide bonds. The van der Waals surface area contributed by atoms with Gasteiger partial charge in [0.15, 0.2) is 5.52 Å². The van der Waals surface area contributed by atoms with Crippen molar-refractivity contribution in [1.82, 2.24) is 15.4 Å². The Morgan fingerprint density at radius 1 is 1.25 bits per heavy atom. The zero-order valence-corrected chi connectivity index (χ0v) is 8.13. The van der Waals surface area contributed by atoms with Gasteiger partial charge in [-0.2, -0.15) is 0 Å². The van der Waals surface area contributed by atoms with Gasteiger partial charge < -0.3 is 0 Å². The Morgan fingerprint density at radius 3 is 2.44 bits per heavy atom. The molecule has 2 rings (SSSR count). The molecule has 82 valence electrons. The van der Waals surface area contributed by atoms with E-state index in [0.29, 0.717) is 0 Å². The number of hydrogen-bond acceptors (Lipinski definition) is 6. The van der Waals surface area contributed by atoms with Gasteiger partial charge in [-0.25, -0.2) is 0 Å². The first-order chi connectivity index (χ1) is 7.52. The highest BCUT2D eigenvalue weighted by Gasteiger charge is 2.33. The number of nitrogens with one attached hydrogen (secondary N) is 1. The molecule has 0 unspecified atom stereocenters. The summed E-state index contributed by atoms with van der Waals surface area (Å²) < 4.78 is 0. The molecule has 1 aromatic carbocycles. The van der Waals surface area contributed by atoms with Gasteiger partial charge in [0, 0.05) is 0 Å². The monoisotopic (exact) mass is 243 g/mol. The van der Waals surface area contributed by atoms with Crippen LogP contribution in [0.5, 0.6) is 0 Å². The molecule has 1 N–H and O–H groups in total. The van der Waals surface area contributed by atoms with Crippen LogP contribution in [0.1, 0.15) is 0 Å². The fourth-order valence-electron chi connectivity index (χ4n) is 1.28. The van der Waals surface area contributed by atoms with Crippen molar-refractivity contribution in [3.8, 4) is 0 Å². The summed E-state index contributed by atoms with van der Waals surface area (Å²) in [4.78, 5) is 19.6. The van der Waals surface area contributed by atoms with Gasteiger partial charge in [-0.1, -0.05) is 16.8 Å². The van der Waals surface area contributed by atoms with E-state index >= 15 is 0 Å². The first kappa shape index (κ1) is 10.2. The highest BCUT2D eigenvalue weighted by Crippen LogP contribution is 2.38. The molecule has 0 aliphatic rings. The molecule has 0 saturated carbocycles. The standard InChI is InChI=1S/C6H2ClN5O4/c7-2-1-3-4(9-10-8-3)6(12(15)16)5(2)11(13)14/h1H,(H,8,9,10). The Kier molecular flexibility index (Phi) is 2.16. The van der Waals surface area contributed by atoms with Crippen LogP contribution in [0, 0.1) is 20.2 Å². The molecule has 1 aromatic heterocycles. The zero-order chi connectivity index (χ0) is 11.9. The highest BCUT2D eigenvalue weighted by molar-refractivity contribution is 6.34. The van der Waals surface area contributed by atoms with Gasteiger partial charge in [0.25, 0.3) is 0 Å². The molecule has 0 saturated heterocycles. The number of nitro groups is 2. The van der Waals surface area contributed by atoms with Crippen LogP contribution < -0.4 is 0 Å². The zero-order valence-electron chi connectivity index (χ0n) is 7.38. The summed E-state index contributed by atoms with van der Waals surface area (Å²) in [5.74, 6) is 0. The van der Waals surface area contributed by atoms with Gasteiger partial charge in [0.2, 0.25) is 0 Å². The number of aromatic nitrogens is 3. The Balaban J connectivity index is 2.96. The number of halogens is 1. The molecule has 1 heterocycles. The fourth-order valence-corrected chi connectivity index (χ4v) is 1.55. The van der Waals surface area contributed by atoms with Crippen molar-refractivity contribution in [2.75, 3.05) is 0 Å². The van der Waals surface area contributed by atoms with Crippen molar-refractivity contribution in [2.45, 2.75) is 0 Å². The average Bonchev–Trinajstić information content (AvgIpc) is 2.61. The number of nitro benzene ring substituents is 2. The van der Waals surface area contributed by atoms with E-state index in [1.807, 2.05) is 0 Å². The summed E-state index contributed by atoms with van der Waals surface area (Å²) in [7, 11) is 0. The molecule has 0 aliphatic heterocycles. The smallest absolute Gasteiger partial charge is 0.258 e. The number of benzene rings is 1. The number of fused-ring (bicyclic) bond motifs is 1. The van der Waals surface area contributed by atoms with Gasteiger partial charge in [-0.15, -0.1) is 5.10 Å². The minimum atomic E-state index is -0.922. The van der Waals surface area contributed by atoms with Gasteiger partial charge >= 0.3 is 11.4 Å². The molecule has 16 heavy (non-hydrogen) atoms. The predicted octanol–water partition coefficient (Wildman–Crippen LogP) is 1.43. The van der Waals surface area contributed by atoms with Crippen LogP contribution in [-0.4, -0.2) is 25.3 Å². The minimum absolute atomic E-state index is 0.169. The first-order valence-electron chi connectivity index (χ1n) is 3.84. The second-order valence-electron chi connectivity index (χ2n) is 2.78. The summed E-state index contributed by atoms with van der Waals surface area (Å²) in [5, 5.41) is 30.2. The topological polar surface area (TPSA) is 128 Å². The number of rotatable bonds is 2. The second-order valence-corrected chi connectivity index (χ2v) is 3.18. The van der Waals surface area contributed by atoms with Crippen molar-refractivity contribution >= 4 is 34.0 Å². The summed E-state index contributed by atoms with van der Waals surface area (Å²) in [6.07, 6.45) is 0. The minimum Gasteiger partial charge on any atom is -0.258 e. The van der Waals surface area contributed by atoms with Gasteiger partial charge in [0.05, 0.1) is 15.4 Å². The molecule has 0 spiro atoms. The molecule has 0 atom stereocenters. The van der Waals surface area contributed by atoms with Gasteiger partial charge in [-0.05, 0) is 6.07 Å². The molecule has 0 fully saturated rings. The van der Waals surface area contributed by atoms with Crippen LogP contribution in [-0.2, 0) is 0 Å². The van der Waals surface area contributed by atoms with Crippen LogP contribution in [0.25, 0.3) is 11.0 Å². The van der Waals surface area contributed by atoms with Crippen molar-refractivity contribution in [3.63, 3.8) is 0 Å². The maximum atomic E-state index is 10.8. The molecule has 0 radical (unpaired) electrons. The lowest BCUT2D eigenvalue weighted by Crippen LogP contribution is -1.98. The Bertz CT molecular complexity index is 608. The van der Waals surface area contributed by atoms with Crippen molar-refractivity contribution < 1.29 is 9.85 Å². The lowest BCUT2D eigenvalue weighted by molar-refractivity contribution is -0.421. The maximum absolute atomic E-state index is 10.8. The third-order valence-corrected chi connectivity index (χ3v) is 2.17. The third kappa shape index (κ3) is 1.34. The van der Waals surface area contributed by atoms with Crippen molar-refractivity contribution in [1.29, 1.82) is 0 Å². The van der Waals surface area contributed by atoms with Crippen LogP contribution >= 0.6 is 11.6 Å². The molecule has 0 bridgehead atoms. The molecule has 10 heteroatoms. The SMILES string of the molecule is O=[N+]([O-])c1c(Cl)cc2[nH]nnc2c1[N+](=O)[O-]. The number of hydrogen-bond donors (Lipinski definition) is 1. The van der Waals surface area contributed by atoms with E-state index < -0.39 is 21.2 Å². The Hall–Kier alpha value is -2.29. The fraction of sp³-hybridized carbons (Fsp3) is 0. The summed E-state index contributed by atoms with van der Waals surface area (Å²) in [6, 6.07) is 1.17. The lowest BCUT2D eigenvalue weighted by Gasteiger charge is -1.97. The Morgan fingerprint density at radius 2 is 1.88 bits per heavy atom. The Labute approximate surface area is 91.3 Å². The van der Waals surface area contributed by atoms with Crippen molar-refractivity contribution in [3.05, 3.63) is 31.3 Å². The first-order valence-corrected chi connectivity index (χ1v) is 4.22. The number of nitrogens with zero attached hydrogens (tertiary/aromatic N) is 4. The molecule has 0 aliphatic carbocycles. The van der Waals surface area contributed by atoms with Crippen LogP contribution in [0.3, 0.4) is 0 Å². The highest BCUT2D eigenvalue weighted by atomic mass is 35.5. The quantitative estimate of drug-likeness (QED) is 0.627. The largest absolute Gasteiger partial charge is 0.377 e. The molecular formula is C6H2ClN5O4. The number of H-pyrrole nitrogens is 1. The van der Waals surface area contributed by atoms with Gasteiger partial charge in [0.1, 0.15) is 5.02 Å². The summed E-state index contributed by atoms with van der Waals surface area (Å²) in [5.41, 5.74) is -1.57. The van der Waals surface area contributed by atoms with Crippen LogP contribution in [0.4, 0.5) is 11.4 Å². The molecule has 2 aromatic rings. The predicted molar refractivity (Wildman–Crippen MR) is 52.2 cm³/mol. The van der Waals surface area contributed by atoms with E-state index in [2.05, 4.69) is 15.4 Å². The summed E-state index contributed by atoms with van der Waals surface area (Å²) in [6.45, 7) is 0. The second kappa shape index (κ2) is 3.38. The molecule has 9 nitrogen and oxygen atoms in total. The summed E-state index contributed by atoms with van der Waals surface area (Å²) >= 11 is 5.58. The maximum Gasteiger partial charge on any atom is 0.377 e. The molecular weight excluding hydrogens is 242 g/mol. The van der Waals surface area contributed by atoms with Gasteiger partial charge in [-0.3, -0.25) is 25.3 Å². The van der Waals surface area contributed by atoms with E-state index in [-0.39, 0.29) is 16.1 Å². The van der Waals surface area contributed by atoms with Crippen LogP contribution in [0.2, 0.25) is 5.02 Å². The van der Waals surface area contributed by atoms with Crippen molar-refractivity contribution in [2.24, 2.45) is 0 Å². The van der Waals surface area contributed by atoms with E-state index in [0.717, 1.165) is 0 Å². The number of aromatic amines is 1. The van der Waals surface area contributed by atoms with Crippen LogP contribution in [0.15, 0.2) is 6.07 Å².